The zero-order chi connectivity index (χ0) is 15.1. The molecule has 1 aromatic heterocycles. The van der Waals surface area contributed by atoms with Crippen LogP contribution in [-0.2, 0) is 0 Å². The Morgan fingerprint density at radius 2 is 1.76 bits per heavy atom. The number of benzene rings is 1. The third kappa shape index (κ3) is 4.74. The first-order valence-electron chi connectivity index (χ1n) is 7.61. The summed E-state index contributed by atoms with van der Waals surface area (Å²) in [5.41, 5.74) is 2.28. The summed E-state index contributed by atoms with van der Waals surface area (Å²) in [6, 6.07) is 10.2. The lowest BCUT2D eigenvalue weighted by molar-refractivity contribution is 0.742. The van der Waals surface area contributed by atoms with Gasteiger partial charge in [-0.05, 0) is 31.9 Å². The lowest BCUT2D eigenvalue weighted by Crippen LogP contribution is -2.06. The highest BCUT2D eigenvalue weighted by molar-refractivity contribution is 5.62. The van der Waals surface area contributed by atoms with Crippen LogP contribution in [0.3, 0.4) is 0 Å². The Kier molecular flexibility index (Phi) is 5.55. The molecule has 0 fully saturated rings. The van der Waals surface area contributed by atoms with Crippen molar-refractivity contribution in [2.75, 3.05) is 17.2 Å². The zero-order valence-electron chi connectivity index (χ0n) is 13.1. The van der Waals surface area contributed by atoms with Crippen LogP contribution in [0.5, 0.6) is 0 Å². The normalized spacial score (nSPS) is 10.4. The average molecular weight is 284 g/mol. The summed E-state index contributed by atoms with van der Waals surface area (Å²) in [5, 5.41) is 6.73. The van der Waals surface area contributed by atoms with E-state index in [2.05, 4.69) is 46.6 Å². The largest absolute Gasteiger partial charge is 0.370 e. The maximum Gasteiger partial charge on any atom is 0.136 e. The first-order chi connectivity index (χ1) is 10.2. The Hall–Kier alpha value is -2.10. The van der Waals surface area contributed by atoms with Gasteiger partial charge in [0.1, 0.15) is 17.5 Å². The molecule has 2 aromatic rings. The molecular weight excluding hydrogens is 260 g/mol. The van der Waals surface area contributed by atoms with Crippen LogP contribution >= 0.6 is 0 Å². The van der Waals surface area contributed by atoms with Crippen LogP contribution in [0.2, 0.25) is 0 Å². The highest BCUT2D eigenvalue weighted by Crippen LogP contribution is 2.20. The molecule has 0 aliphatic carbocycles. The quantitative estimate of drug-likeness (QED) is 0.738. The number of para-hydroxylation sites is 1. The molecule has 0 radical (unpaired) electrons. The summed E-state index contributed by atoms with van der Waals surface area (Å²) in [7, 11) is 0. The molecule has 0 atom stereocenters. The first-order valence-corrected chi connectivity index (χ1v) is 7.61. The van der Waals surface area contributed by atoms with Crippen LogP contribution in [0.1, 0.15) is 37.6 Å². The maximum atomic E-state index is 4.45. The Labute approximate surface area is 127 Å². The Morgan fingerprint density at radius 1 is 1.00 bits per heavy atom. The minimum absolute atomic E-state index is 0.770. The number of aryl methyl sites for hydroxylation is 2. The van der Waals surface area contributed by atoms with E-state index in [1.807, 2.05) is 25.1 Å². The van der Waals surface area contributed by atoms with Gasteiger partial charge in [0.05, 0.1) is 0 Å². The van der Waals surface area contributed by atoms with E-state index in [1.54, 1.807) is 0 Å². The number of nitrogens with one attached hydrogen (secondary N) is 2. The van der Waals surface area contributed by atoms with E-state index in [9.17, 15) is 0 Å². The van der Waals surface area contributed by atoms with Crippen molar-refractivity contribution in [3.8, 4) is 0 Å². The van der Waals surface area contributed by atoms with Gasteiger partial charge in [-0.3, -0.25) is 0 Å². The molecule has 4 heteroatoms. The smallest absolute Gasteiger partial charge is 0.136 e. The van der Waals surface area contributed by atoms with Gasteiger partial charge in [-0.15, -0.1) is 0 Å². The lowest BCUT2D eigenvalue weighted by atomic mass is 10.2. The van der Waals surface area contributed by atoms with Crippen molar-refractivity contribution in [3.05, 3.63) is 41.7 Å². The molecular formula is C17H24N4. The monoisotopic (exact) mass is 284 g/mol. The molecule has 0 bridgehead atoms. The third-order valence-corrected chi connectivity index (χ3v) is 3.33. The summed E-state index contributed by atoms with van der Waals surface area (Å²) in [6.45, 7) is 7.16. The van der Waals surface area contributed by atoms with Gasteiger partial charge >= 0.3 is 0 Å². The van der Waals surface area contributed by atoms with E-state index in [-0.39, 0.29) is 0 Å². The number of unbranched alkanes of at least 4 members (excludes halogenated alkanes) is 2. The van der Waals surface area contributed by atoms with Crippen molar-refractivity contribution >= 4 is 17.3 Å². The molecule has 1 heterocycles. The first kappa shape index (κ1) is 15.3. The minimum Gasteiger partial charge on any atom is -0.370 e. The second-order valence-corrected chi connectivity index (χ2v) is 5.26. The predicted octanol–water partition coefficient (Wildman–Crippen LogP) is 4.44. The van der Waals surface area contributed by atoms with Gasteiger partial charge in [0.15, 0.2) is 0 Å². The second kappa shape index (κ2) is 7.62. The number of nitrogens with zero attached hydrogens (tertiary/aromatic N) is 2. The van der Waals surface area contributed by atoms with Crippen LogP contribution in [0.15, 0.2) is 30.3 Å². The molecule has 0 aliphatic rings. The van der Waals surface area contributed by atoms with Gasteiger partial charge in [0, 0.05) is 18.3 Å². The second-order valence-electron chi connectivity index (χ2n) is 5.26. The van der Waals surface area contributed by atoms with Crippen LogP contribution in [-0.4, -0.2) is 16.5 Å². The maximum absolute atomic E-state index is 4.45. The number of aromatic nitrogens is 2. The fraction of sp³-hybridized carbons (Fsp3) is 0.412. The van der Waals surface area contributed by atoms with Crippen molar-refractivity contribution in [1.82, 2.24) is 9.97 Å². The third-order valence-electron chi connectivity index (χ3n) is 3.33. The average Bonchev–Trinajstić information content (AvgIpc) is 2.46. The molecule has 21 heavy (non-hydrogen) atoms. The Morgan fingerprint density at radius 3 is 2.52 bits per heavy atom. The summed E-state index contributed by atoms with van der Waals surface area (Å²) < 4.78 is 0. The topological polar surface area (TPSA) is 49.8 Å². The molecule has 0 amide bonds. The van der Waals surface area contributed by atoms with Crippen molar-refractivity contribution in [2.24, 2.45) is 0 Å². The lowest BCUT2D eigenvalue weighted by Gasteiger charge is -2.11. The van der Waals surface area contributed by atoms with Gasteiger partial charge < -0.3 is 10.6 Å². The summed E-state index contributed by atoms with van der Waals surface area (Å²) in [4.78, 5) is 8.89. The number of hydrogen-bond donors (Lipinski definition) is 2. The standard InChI is InChI=1S/C17H24N4/c1-4-5-8-11-18-16-12-17(20-14(3)19-16)21-15-10-7-6-9-13(15)2/h6-7,9-10,12H,4-5,8,11H2,1-3H3,(H2,18,19,20,21). The fourth-order valence-corrected chi connectivity index (χ4v) is 2.16. The van der Waals surface area contributed by atoms with Crippen LogP contribution in [0.4, 0.5) is 17.3 Å². The Bertz CT molecular complexity index is 581. The van der Waals surface area contributed by atoms with E-state index in [4.69, 9.17) is 0 Å². The van der Waals surface area contributed by atoms with Crippen molar-refractivity contribution < 1.29 is 0 Å². The predicted molar refractivity (Wildman–Crippen MR) is 89.2 cm³/mol. The van der Waals surface area contributed by atoms with E-state index < -0.39 is 0 Å². The van der Waals surface area contributed by atoms with Gasteiger partial charge in [0.25, 0.3) is 0 Å². The molecule has 0 aliphatic heterocycles. The van der Waals surface area contributed by atoms with Gasteiger partial charge in [0.2, 0.25) is 0 Å². The van der Waals surface area contributed by atoms with Gasteiger partial charge in [-0.25, -0.2) is 9.97 Å². The highest BCUT2D eigenvalue weighted by atomic mass is 15.1. The molecule has 2 rings (SSSR count). The molecule has 0 spiro atoms. The van der Waals surface area contributed by atoms with Gasteiger partial charge in [-0.2, -0.15) is 0 Å². The number of hydrogen-bond acceptors (Lipinski definition) is 4. The molecule has 0 unspecified atom stereocenters. The molecule has 4 nitrogen and oxygen atoms in total. The van der Waals surface area contributed by atoms with Gasteiger partial charge in [-0.1, -0.05) is 38.0 Å². The number of anilines is 3. The molecule has 112 valence electrons. The summed E-state index contributed by atoms with van der Waals surface area (Å²) >= 11 is 0. The molecule has 0 saturated carbocycles. The SMILES string of the molecule is CCCCCNc1cc(Nc2ccccc2C)nc(C)n1. The molecule has 1 aromatic carbocycles. The zero-order valence-corrected chi connectivity index (χ0v) is 13.1. The molecule has 0 saturated heterocycles. The van der Waals surface area contributed by atoms with Crippen molar-refractivity contribution in [1.29, 1.82) is 0 Å². The Balaban J connectivity index is 2.06. The van der Waals surface area contributed by atoms with Crippen LogP contribution in [0.25, 0.3) is 0 Å². The van der Waals surface area contributed by atoms with Crippen LogP contribution < -0.4 is 10.6 Å². The summed E-state index contributed by atoms with van der Waals surface area (Å²) in [6.07, 6.45) is 3.63. The van der Waals surface area contributed by atoms with Crippen LogP contribution in [0, 0.1) is 13.8 Å². The summed E-state index contributed by atoms with van der Waals surface area (Å²) in [5.74, 6) is 2.48. The van der Waals surface area contributed by atoms with E-state index in [0.29, 0.717) is 0 Å². The molecule has 2 N–H and O–H groups in total. The van der Waals surface area contributed by atoms with E-state index in [0.717, 1.165) is 29.7 Å². The minimum atomic E-state index is 0.770. The highest BCUT2D eigenvalue weighted by Gasteiger charge is 2.03. The van der Waals surface area contributed by atoms with Crippen molar-refractivity contribution in [2.45, 2.75) is 40.0 Å². The van der Waals surface area contributed by atoms with E-state index >= 15 is 0 Å². The van der Waals surface area contributed by atoms with Crippen molar-refractivity contribution in [3.63, 3.8) is 0 Å². The fourth-order valence-electron chi connectivity index (χ4n) is 2.16. The van der Waals surface area contributed by atoms with E-state index in [1.165, 1.54) is 24.8 Å². The number of rotatable bonds is 7.